The van der Waals surface area contributed by atoms with Gasteiger partial charge in [0.2, 0.25) is 0 Å². The van der Waals surface area contributed by atoms with Crippen LogP contribution in [-0.4, -0.2) is 33.4 Å². The summed E-state index contributed by atoms with van der Waals surface area (Å²) in [6.45, 7) is 2.78. The molecule has 0 fully saturated rings. The second kappa shape index (κ2) is 9.06. The first-order valence-electron chi connectivity index (χ1n) is 10.4. The number of carbonyl (C=O) groups is 1. The van der Waals surface area contributed by atoms with Crippen LogP contribution in [0, 0.1) is 0 Å². The molecule has 4 rings (SSSR count). The number of hydrogen-bond donors (Lipinski definition) is 2. The number of aromatic nitrogens is 1. The number of anilines is 1. The second-order valence-electron chi connectivity index (χ2n) is 7.77. The number of para-hydroxylation sites is 1. The Labute approximate surface area is 181 Å². The maximum Gasteiger partial charge on any atom is 0.307 e. The Balaban J connectivity index is 1.68. The van der Waals surface area contributed by atoms with E-state index in [9.17, 15) is 15.0 Å². The van der Waals surface area contributed by atoms with Crippen LogP contribution >= 0.6 is 0 Å². The maximum absolute atomic E-state index is 11.3. The average molecular weight is 415 g/mol. The maximum atomic E-state index is 11.3. The van der Waals surface area contributed by atoms with Crippen molar-refractivity contribution in [2.45, 2.75) is 25.9 Å². The minimum atomic E-state index is -0.840. The SMILES string of the molecule is CC(CO)N(Cc1ccccc1)c1ccc(-n2cc(CC(=O)O)c3ccccc32)cc1. The smallest absolute Gasteiger partial charge is 0.307 e. The monoisotopic (exact) mass is 414 g/mol. The van der Waals surface area contributed by atoms with Crippen LogP contribution < -0.4 is 4.90 Å². The Kier molecular flexibility index (Phi) is 6.05. The van der Waals surface area contributed by atoms with Crippen LogP contribution in [0.2, 0.25) is 0 Å². The Morgan fingerprint density at radius 2 is 1.65 bits per heavy atom. The minimum absolute atomic E-state index is 0.00946. The van der Waals surface area contributed by atoms with E-state index in [1.807, 2.05) is 72.3 Å². The zero-order chi connectivity index (χ0) is 21.8. The highest BCUT2D eigenvalue weighted by Gasteiger charge is 2.16. The number of aliphatic hydroxyl groups excluding tert-OH is 1. The molecule has 0 saturated heterocycles. The predicted molar refractivity (Wildman–Crippen MR) is 124 cm³/mol. The fourth-order valence-corrected chi connectivity index (χ4v) is 3.95. The molecule has 0 aliphatic carbocycles. The molecule has 31 heavy (non-hydrogen) atoms. The Bertz CT molecular complexity index is 1170. The van der Waals surface area contributed by atoms with Crippen molar-refractivity contribution in [2.24, 2.45) is 0 Å². The zero-order valence-corrected chi connectivity index (χ0v) is 17.5. The van der Waals surface area contributed by atoms with Crippen molar-refractivity contribution in [2.75, 3.05) is 11.5 Å². The van der Waals surface area contributed by atoms with Crippen molar-refractivity contribution < 1.29 is 15.0 Å². The molecule has 3 aromatic carbocycles. The highest BCUT2D eigenvalue weighted by atomic mass is 16.4. The molecule has 5 nitrogen and oxygen atoms in total. The van der Waals surface area contributed by atoms with Crippen molar-refractivity contribution in [1.82, 2.24) is 4.57 Å². The van der Waals surface area contributed by atoms with Gasteiger partial charge >= 0.3 is 5.97 Å². The van der Waals surface area contributed by atoms with Gasteiger partial charge in [0.15, 0.2) is 0 Å². The molecule has 1 atom stereocenters. The van der Waals surface area contributed by atoms with E-state index in [4.69, 9.17) is 0 Å². The highest BCUT2D eigenvalue weighted by molar-refractivity contribution is 5.88. The molecule has 2 N–H and O–H groups in total. The number of carboxylic acid groups (broad SMARTS) is 1. The Hall–Kier alpha value is -3.57. The topological polar surface area (TPSA) is 65.7 Å². The first-order chi connectivity index (χ1) is 15.1. The van der Waals surface area contributed by atoms with E-state index in [1.165, 1.54) is 5.56 Å². The molecule has 0 spiro atoms. The number of hydrogen-bond acceptors (Lipinski definition) is 3. The van der Waals surface area contributed by atoms with Crippen LogP contribution in [0.15, 0.2) is 85.1 Å². The van der Waals surface area contributed by atoms with Crippen LogP contribution in [-0.2, 0) is 17.8 Å². The van der Waals surface area contributed by atoms with E-state index < -0.39 is 5.97 Å². The molecular formula is C26H26N2O3. The van der Waals surface area contributed by atoms with Gasteiger partial charge in [-0.05, 0) is 48.4 Å². The van der Waals surface area contributed by atoms with E-state index >= 15 is 0 Å². The summed E-state index contributed by atoms with van der Waals surface area (Å²) in [7, 11) is 0. The van der Waals surface area contributed by atoms with Gasteiger partial charge < -0.3 is 19.7 Å². The molecule has 0 amide bonds. The van der Waals surface area contributed by atoms with E-state index in [2.05, 4.69) is 29.2 Å². The molecule has 0 aliphatic heterocycles. The fourth-order valence-electron chi connectivity index (χ4n) is 3.95. The van der Waals surface area contributed by atoms with Crippen LogP contribution in [0.5, 0.6) is 0 Å². The number of benzene rings is 3. The van der Waals surface area contributed by atoms with Crippen LogP contribution in [0.1, 0.15) is 18.1 Å². The van der Waals surface area contributed by atoms with Gasteiger partial charge in [-0.3, -0.25) is 4.79 Å². The summed E-state index contributed by atoms with van der Waals surface area (Å²) in [5.41, 5.74) is 4.95. The third-order valence-electron chi connectivity index (χ3n) is 5.59. The largest absolute Gasteiger partial charge is 0.481 e. The summed E-state index contributed by atoms with van der Waals surface area (Å²) in [5.74, 6) is -0.840. The van der Waals surface area contributed by atoms with Crippen LogP contribution in [0.25, 0.3) is 16.6 Å². The van der Waals surface area contributed by atoms with E-state index in [-0.39, 0.29) is 19.1 Å². The third-order valence-corrected chi connectivity index (χ3v) is 5.59. The van der Waals surface area contributed by atoms with Crippen LogP contribution in [0.4, 0.5) is 5.69 Å². The van der Waals surface area contributed by atoms with Gasteiger partial charge in [-0.25, -0.2) is 0 Å². The number of aliphatic hydroxyl groups is 1. The quantitative estimate of drug-likeness (QED) is 0.441. The minimum Gasteiger partial charge on any atom is -0.481 e. The first-order valence-corrected chi connectivity index (χ1v) is 10.4. The summed E-state index contributed by atoms with van der Waals surface area (Å²) >= 11 is 0. The molecule has 0 bridgehead atoms. The zero-order valence-electron chi connectivity index (χ0n) is 17.5. The highest BCUT2D eigenvalue weighted by Crippen LogP contribution is 2.27. The van der Waals surface area contributed by atoms with E-state index in [0.717, 1.165) is 27.8 Å². The molecule has 1 heterocycles. The summed E-state index contributed by atoms with van der Waals surface area (Å²) in [5, 5.41) is 20.0. The van der Waals surface area contributed by atoms with Gasteiger partial charge in [0.25, 0.3) is 0 Å². The summed E-state index contributed by atoms with van der Waals surface area (Å²) < 4.78 is 2.04. The molecule has 4 aromatic rings. The number of nitrogens with zero attached hydrogens (tertiary/aromatic N) is 2. The van der Waals surface area contributed by atoms with Gasteiger partial charge in [0, 0.05) is 35.5 Å². The standard InChI is InChI=1S/C26H26N2O3/c1-19(18-29)27(16-20-7-3-2-4-8-20)22-11-13-23(14-12-22)28-17-21(15-26(30)31)24-9-5-6-10-25(24)28/h2-14,17,19,29H,15-16,18H2,1H3,(H,30,31). The Morgan fingerprint density at radius 1 is 0.968 bits per heavy atom. The Morgan fingerprint density at radius 3 is 2.32 bits per heavy atom. The summed E-state index contributed by atoms with van der Waals surface area (Å²) in [6, 6.07) is 26.2. The van der Waals surface area contributed by atoms with Crippen molar-refractivity contribution in [3.8, 4) is 5.69 Å². The molecule has 0 aliphatic rings. The number of rotatable bonds is 8. The van der Waals surface area contributed by atoms with Crippen LogP contribution in [0.3, 0.4) is 0 Å². The third kappa shape index (κ3) is 4.47. The van der Waals surface area contributed by atoms with Crippen molar-refractivity contribution in [1.29, 1.82) is 0 Å². The van der Waals surface area contributed by atoms with Crippen molar-refractivity contribution >= 4 is 22.6 Å². The number of carboxylic acids is 1. The lowest BCUT2D eigenvalue weighted by atomic mass is 10.1. The lowest BCUT2D eigenvalue weighted by molar-refractivity contribution is -0.136. The summed E-state index contributed by atoms with van der Waals surface area (Å²) in [6.07, 6.45) is 1.90. The normalized spacial score (nSPS) is 12.1. The molecular weight excluding hydrogens is 388 g/mol. The average Bonchev–Trinajstić information content (AvgIpc) is 3.16. The summed E-state index contributed by atoms with van der Waals surface area (Å²) in [4.78, 5) is 13.5. The lowest BCUT2D eigenvalue weighted by Gasteiger charge is -2.30. The molecule has 0 saturated carbocycles. The van der Waals surface area contributed by atoms with Crippen molar-refractivity contribution in [3.05, 3.63) is 96.2 Å². The molecule has 1 unspecified atom stereocenters. The van der Waals surface area contributed by atoms with Crippen molar-refractivity contribution in [3.63, 3.8) is 0 Å². The lowest BCUT2D eigenvalue weighted by Crippen LogP contribution is -2.35. The molecule has 5 heteroatoms. The van der Waals surface area contributed by atoms with Gasteiger partial charge in [-0.2, -0.15) is 0 Å². The molecule has 158 valence electrons. The predicted octanol–water partition coefficient (Wildman–Crippen LogP) is 4.65. The fraction of sp³-hybridized carbons (Fsp3) is 0.192. The van der Waals surface area contributed by atoms with E-state index in [0.29, 0.717) is 6.54 Å². The van der Waals surface area contributed by atoms with E-state index in [1.54, 1.807) is 0 Å². The molecule has 1 aromatic heterocycles. The molecule has 0 radical (unpaired) electrons. The second-order valence-corrected chi connectivity index (χ2v) is 7.77. The first kappa shape index (κ1) is 20.7. The number of fused-ring (bicyclic) bond motifs is 1. The van der Waals surface area contributed by atoms with Gasteiger partial charge in [0.05, 0.1) is 18.5 Å². The van der Waals surface area contributed by atoms with Gasteiger partial charge in [-0.1, -0.05) is 48.5 Å². The van der Waals surface area contributed by atoms with Gasteiger partial charge in [-0.15, -0.1) is 0 Å². The van der Waals surface area contributed by atoms with Gasteiger partial charge in [0.1, 0.15) is 0 Å². The number of aliphatic carboxylic acids is 1.